The van der Waals surface area contributed by atoms with E-state index in [1.807, 2.05) is 0 Å². The number of nitrogen functional groups attached to an aromatic ring is 1. The molecule has 0 aromatic carbocycles. The molecule has 1 fully saturated rings. The number of carbonyl (C=O) groups excluding carboxylic acids is 1. The highest BCUT2D eigenvalue weighted by Crippen LogP contribution is 2.48. The minimum absolute atomic E-state index is 0.0990. The van der Waals surface area contributed by atoms with E-state index < -0.39 is 5.97 Å². The van der Waals surface area contributed by atoms with Gasteiger partial charge in [0.25, 0.3) is 0 Å². The number of esters is 1. The van der Waals surface area contributed by atoms with Crippen molar-refractivity contribution in [2.45, 2.75) is 19.3 Å². The fraction of sp³-hybridized carbons (Fsp3) is 0.417. The number of aromatic nitrogens is 1. The third kappa shape index (κ3) is 2.72. The average Bonchev–Trinajstić information content (AvgIpc) is 3.08. The van der Waals surface area contributed by atoms with Crippen molar-refractivity contribution in [3.8, 4) is 6.07 Å². The van der Waals surface area contributed by atoms with Crippen LogP contribution >= 0.6 is 0 Å². The fourth-order valence-corrected chi connectivity index (χ4v) is 1.54. The number of pyridine rings is 1. The second-order valence-corrected chi connectivity index (χ2v) is 4.39. The van der Waals surface area contributed by atoms with Crippen molar-refractivity contribution in [1.29, 1.82) is 5.26 Å². The molecule has 1 aromatic heterocycles. The Bertz CT molecular complexity index is 458. The molecule has 0 amide bonds. The minimum atomic E-state index is -0.464. The van der Waals surface area contributed by atoms with Gasteiger partial charge in [0, 0.05) is 11.8 Å². The molecule has 0 aliphatic heterocycles. The van der Waals surface area contributed by atoms with Crippen molar-refractivity contribution in [3.05, 3.63) is 24.0 Å². The zero-order valence-electron chi connectivity index (χ0n) is 9.35. The fourth-order valence-electron chi connectivity index (χ4n) is 1.54. The quantitative estimate of drug-likeness (QED) is 0.793. The van der Waals surface area contributed by atoms with Crippen molar-refractivity contribution in [3.63, 3.8) is 0 Å². The Morgan fingerprint density at radius 2 is 2.35 bits per heavy atom. The van der Waals surface area contributed by atoms with Gasteiger partial charge in [0.2, 0.25) is 0 Å². The first kappa shape index (κ1) is 11.4. The Kier molecular flexibility index (Phi) is 2.96. The zero-order valence-corrected chi connectivity index (χ0v) is 9.35. The van der Waals surface area contributed by atoms with E-state index in [1.54, 1.807) is 6.07 Å². The van der Waals surface area contributed by atoms with Gasteiger partial charge < -0.3 is 10.5 Å². The second kappa shape index (κ2) is 4.42. The molecule has 88 valence electrons. The number of hydrogen-bond donors (Lipinski definition) is 1. The molecule has 17 heavy (non-hydrogen) atoms. The number of ether oxygens (including phenoxy) is 1. The summed E-state index contributed by atoms with van der Waals surface area (Å²) in [5.74, 6) is -0.464. The van der Waals surface area contributed by atoms with Gasteiger partial charge in [-0.05, 0) is 25.0 Å². The second-order valence-electron chi connectivity index (χ2n) is 4.39. The zero-order chi connectivity index (χ0) is 12.3. The van der Waals surface area contributed by atoms with Gasteiger partial charge in [0.05, 0.1) is 24.6 Å². The predicted octanol–water partition coefficient (Wildman–Crippen LogP) is 1.51. The maximum Gasteiger partial charge on any atom is 0.356 e. The van der Waals surface area contributed by atoms with Gasteiger partial charge >= 0.3 is 5.97 Å². The van der Waals surface area contributed by atoms with Crippen molar-refractivity contribution < 1.29 is 9.53 Å². The topological polar surface area (TPSA) is 89.0 Å². The van der Waals surface area contributed by atoms with Crippen LogP contribution in [-0.4, -0.2) is 17.6 Å². The van der Waals surface area contributed by atoms with E-state index in [4.69, 9.17) is 15.7 Å². The lowest BCUT2D eigenvalue weighted by Gasteiger charge is -2.11. The Morgan fingerprint density at radius 1 is 1.59 bits per heavy atom. The van der Waals surface area contributed by atoms with Gasteiger partial charge in [0.15, 0.2) is 0 Å². The average molecular weight is 231 g/mol. The monoisotopic (exact) mass is 231 g/mol. The number of nitrogens with zero attached hydrogens (tertiary/aromatic N) is 2. The van der Waals surface area contributed by atoms with E-state index >= 15 is 0 Å². The van der Waals surface area contributed by atoms with E-state index in [0.717, 1.165) is 12.8 Å². The maximum absolute atomic E-state index is 11.6. The summed E-state index contributed by atoms with van der Waals surface area (Å²) in [5.41, 5.74) is 6.12. The van der Waals surface area contributed by atoms with Crippen molar-refractivity contribution in [2.75, 3.05) is 12.3 Å². The molecule has 1 aliphatic carbocycles. The first-order valence-corrected chi connectivity index (χ1v) is 5.41. The number of nitrogens with two attached hydrogens (primary N) is 1. The molecule has 5 heteroatoms. The number of rotatable bonds is 4. The lowest BCUT2D eigenvalue weighted by molar-refractivity contribution is 0.0412. The third-order valence-electron chi connectivity index (χ3n) is 2.92. The predicted molar refractivity (Wildman–Crippen MR) is 60.8 cm³/mol. The maximum atomic E-state index is 11.6. The molecule has 0 bridgehead atoms. The molecule has 5 nitrogen and oxygen atoms in total. The summed E-state index contributed by atoms with van der Waals surface area (Å²) in [5, 5.41) is 8.64. The molecule has 1 aromatic rings. The summed E-state index contributed by atoms with van der Waals surface area (Å²) in [7, 11) is 0. The molecule has 1 saturated carbocycles. The van der Waals surface area contributed by atoms with Crippen LogP contribution in [0.15, 0.2) is 18.3 Å². The van der Waals surface area contributed by atoms with E-state index in [0.29, 0.717) is 18.7 Å². The van der Waals surface area contributed by atoms with E-state index in [1.165, 1.54) is 12.3 Å². The SMILES string of the molecule is N#CCC1(COC(=O)c2ccc(N)cn2)CC1. The van der Waals surface area contributed by atoms with Gasteiger partial charge in [-0.15, -0.1) is 0 Å². The highest BCUT2D eigenvalue weighted by molar-refractivity contribution is 5.87. The smallest absolute Gasteiger partial charge is 0.356 e. The Balaban J connectivity index is 1.90. The normalized spacial score (nSPS) is 15.9. The van der Waals surface area contributed by atoms with Crippen LogP contribution in [0.5, 0.6) is 0 Å². The molecule has 1 aliphatic rings. The standard InChI is InChI=1S/C12H13N3O2/c13-6-5-12(3-4-12)8-17-11(16)10-2-1-9(14)7-15-10/h1-2,7H,3-5,8,14H2. The summed E-state index contributed by atoms with van der Waals surface area (Å²) in [4.78, 5) is 15.5. The van der Waals surface area contributed by atoms with Gasteiger partial charge in [-0.1, -0.05) is 0 Å². The molecular formula is C12H13N3O2. The molecule has 1 heterocycles. The van der Waals surface area contributed by atoms with Gasteiger partial charge in [-0.3, -0.25) is 0 Å². The van der Waals surface area contributed by atoms with E-state index in [2.05, 4.69) is 11.1 Å². The van der Waals surface area contributed by atoms with Crippen LogP contribution in [0, 0.1) is 16.7 Å². The lowest BCUT2D eigenvalue weighted by atomic mass is 10.1. The first-order chi connectivity index (χ1) is 8.15. The molecule has 2 rings (SSSR count). The van der Waals surface area contributed by atoms with Crippen LogP contribution in [0.3, 0.4) is 0 Å². The number of hydrogen-bond acceptors (Lipinski definition) is 5. The van der Waals surface area contributed by atoms with Crippen LogP contribution in [0.4, 0.5) is 5.69 Å². The van der Waals surface area contributed by atoms with Crippen LogP contribution in [0.25, 0.3) is 0 Å². The minimum Gasteiger partial charge on any atom is -0.460 e. The van der Waals surface area contributed by atoms with Crippen LogP contribution in [0.2, 0.25) is 0 Å². The molecule has 0 spiro atoms. The molecule has 0 unspecified atom stereocenters. The number of anilines is 1. The van der Waals surface area contributed by atoms with Gasteiger partial charge in [0.1, 0.15) is 5.69 Å². The highest BCUT2D eigenvalue weighted by atomic mass is 16.5. The molecule has 0 saturated heterocycles. The van der Waals surface area contributed by atoms with Gasteiger partial charge in [-0.2, -0.15) is 5.26 Å². The Labute approximate surface area is 99.2 Å². The lowest BCUT2D eigenvalue weighted by Crippen LogP contribution is -2.15. The molecule has 2 N–H and O–H groups in total. The third-order valence-corrected chi connectivity index (χ3v) is 2.92. The van der Waals surface area contributed by atoms with Crippen molar-refractivity contribution in [2.24, 2.45) is 5.41 Å². The van der Waals surface area contributed by atoms with Crippen molar-refractivity contribution >= 4 is 11.7 Å². The van der Waals surface area contributed by atoms with Crippen LogP contribution in [-0.2, 0) is 4.74 Å². The Hall–Kier alpha value is -2.09. The summed E-state index contributed by atoms with van der Waals surface area (Å²) in [6, 6.07) is 5.25. The number of carbonyl (C=O) groups is 1. The summed E-state index contributed by atoms with van der Waals surface area (Å²) >= 11 is 0. The largest absolute Gasteiger partial charge is 0.460 e. The van der Waals surface area contributed by atoms with E-state index in [-0.39, 0.29) is 11.1 Å². The van der Waals surface area contributed by atoms with Crippen LogP contribution < -0.4 is 5.73 Å². The summed E-state index contributed by atoms with van der Waals surface area (Å²) in [6.07, 6.45) is 3.75. The molecule has 0 radical (unpaired) electrons. The summed E-state index contributed by atoms with van der Waals surface area (Å²) < 4.78 is 5.15. The van der Waals surface area contributed by atoms with Crippen molar-refractivity contribution in [1.82, 2.24) is 4.98 Å². The van der Waals surface area contributed by atoms with Crippen LogP contribution in [0.1, 0.15) is 29.8 Å². The summed E-state index contributed by atoms with van der Waals surface area (Å²) in [6.45, 7) is 0.297. The van der Waals surface area contributed by atoms with E-state index in [9.17, 15) is 4.79 Å². The first-order valence-electron chi connectivity index (χ1n) is 5.41. The highest BCUT2D eigenvalue weighted by Gasteiger charge is 2.43. The number of nitriles is 1. The molecule has 0 atom stereocenters. The molecular weight excluding hydrogens is 218 g/mol. The Morgan fingerprint density at radius 3 is 2.88 bits per heavy atom. The van der Waals surface area contributed by atoms with Gasteiger partial charge in [-0.25, -0.2) is 9.78 Å².